The molecule has 16 heavy (non-hydrogen) atoms. The van der Waals surface area contributed by atoms with Crippen molar-refractivity contribution in [1.29, 1.82) is 0 Å². The van der Waals surface area contributed by atoms with Gasteiger partial charge in [0, 0.05) is 31.9 Å². The second-order valence-corrected chi connectivity index (χ2v) is 4.88. The lowest BCUT2D eigenvalue weighted by Gasteiger charge is -2.38. The Morgan fingerprint density at radius 3 is 2.19 bits per heavy atom. The topological polar surface area (TPSA) is 35.5 Å². The maximum Gasteiger partial charge on any atom is 0.114 e. The lowest BCUT2D eigenvalue weighted by molar-refractivity contribution is -0.0146. The molecule has 2 saturated heterocycles. The third kappa shape index (κ3) is 1.60. The van der Waals surface area contributed by atoms with E-state index in [2.05, 4.69) is 34.5 Å². The zero-order valence-corrected chi connectivity index (χ0v) is 9.45. The molecule has 0 saturated carbocycles. The molecular formula is C13H18N2O. The summed E-state index contributed by atoms with van der Waals surface area (Å²) in [4.78, 5) is 2.41. The lowest BCUT2D eigenvalue weighted by Crippen LogP contribution is -2.56. The Kier molecular flexibility index (Phi) is 2.37. The van der Waals surface area contributed by atoms with Crippen molar-refractivity contribution in [2.45, 2.75) is 18.4 Å². The summed E-state index contributed by atoms with van der Waals surface area (Å²) in [6.45, 7) is 3.70. The summed E-state index contributed by atoms with van der Waals surface area (Å²) in [5, 5.41) is 13.3. The quantitative estimate of drug-likeness (QED) is 0.779. The first-order valence-electron chi connectivity index (χ1n) is 6.07. The van der Waals surface area contributed by atoms with Crippen LogP contribution in [0.2, 0.25) is 0 Å². The zero-order valence-electron chi connectivity index (χ0n) is 9.45. The van der Waals surface area contributed by atoms with Crippen molar-refractivity contribution in [2.24, 2.45) is 0 Å². The van der Waals surface area contributed by atoms with Gasteiger partial charge in [-0.2, -0.15) is 0 Å². The average molecular weight is 218 g/mol. The fourth-order valence-corrected chi connectivity index (χ4v) is 2.52. The van der Waals surface area contributed by atoms with Crippen LogP contribution in [0.1, 0.15) is 18.4 Å². The van der Waals surface area contributed by atoms with Crippen LogP contribution in [-0.2, 0) is 5.60 Å². The van der Waals surface area contributed by atoms with Gasteiger partial charge in [-0.05, 0) is 30.5 Å². The zero-order chi connectivity index (χ0) is 11.0. The maximum absolute atomic E-state index is 10.2. The minimum Gasteiger partial charge on any atom is -0.382 e. The third-order valence-corrected chi connectivity index (χ3v) is 3.71. The highest BCUT2D eigenvalue weighted by Crippen LogP contribution is 2.28. The molecule has 3 rings (SSSR count). The van der Waals surface area contributed by atoms with Crippen LogP contribution in [-0.4, -0.2) is 31.3 Å². The normalized spacial score (nSPS) is 23.2. The Morgan fingerprint density at radius 1 is 1.06 bits per heavy atom. The number of nitrogens with zero attached hydrogens (tertiary/aromatic N) is 1. The molecule has 1 aromatic carbocycles. The SMILES string of the molecule is OC1(c2ccc(N3CCCC3)cc2)CNC1. The first-order chi connectivity index (χ1) is 7.78. The van der Waals surface area contributed by atoms with Crippen LogP contribution in [0.4, 0.5) is 5.69 Å². The van der Waals surface area contributed by atoms with Crippen molar-refractivity contribution in [3.8, 4) is 0 Å². The molecule has 0 atom stereocenters. The van der Waals surface area contributed by atoms with Gasteiger partial charge in [-0.15, -0.1) is 0 Å². The van der Waals surface area contributed by atoms with Crippen LogP contribution in [0.5, 0.6) is 0 Å². The number of rotatable bonds is 2. The molecular weight excluding hydrogens is 200 g/mol. The standard InChI is InChI=1S/C13H18N2O/c16-13(9-14-10-13)11-3-5-12(6-4-11)15-7-1-2-8-15/h3-6,14,16H,1-2,7-10H2. The Bertz CT molecular complexity index is 364. The smallest absolute Gasteiger partial charge is 0.114 e. The van der Waals surface area contributed by atoms with Crippen LogP contribution in [0, 0.1) is 0 Å². The highest BCUT2D eigenvalue weighted by Gasteiger charge is 2.35. The van der Waals surface area contributed by atoms with E-state index in [1.807, 2.05) is 0 Å². The van der Waals surface area contributed by atoms with E-state index in [9.17, 15) is 5.11 Å². The molecule has 0 bridgehead atoms. The Hall–Kier alpha value is -1.06. The summed E-state index contributed by atoms with van der Waals surface area (Å²) in [6, 6.07) is 8.40. The van der Waals surface area contributed by atoms with Gasteiger partial charge in [0.2, 0.25) is 0 Å². The average Bonchev–Trinajstić information content (AvgIpc) is 2.80. The van der Waals surface area contributed by atoms with E-state index >= 15 is 0 Å². The van der Waals surface area contributed by atoms with E-state index in [1.165, 1.54) is 31.6 Å². The van der Waals surface area contributed by atoms with Crippen LogP contribution < -0.4 is 10.2 Å². The molecule has 3 nitrogen and oxygen atoms in total. The first kappa shape index (κ1) is 10.1. The molecule has 0 spiro atoms. The number of aliphatic hydroxyl groups is 1. The van der Waals surface area contributed by atoms with Crippen LogP contribution >= 0.6 is 0 Å². The molecule has 0 unspecified atom stereocenters. The van der Waals surface area contributed by atoms with Crippen LogP contribution in [0.3, 0.4) is 0 Å². The van der Waals surface area contributed by atoms with Gasteiger partial charge >= 0.3 is 0 Å². The van der Waals surface area contributed by atoms with E-state index < -0.39 is 5.60 Å². The monoisotopic (exact) mass is 218 g/mol. The number of benzene rings is 1. The van der Waals surface area contributed by atoms with Gasteiger partial charge in [-0.1, -0.05) is 12.1 Å². The molecule has 0 radical (unpaired) electrons. The number of hydrogen-bond donors (Lipinski definition) is 2. The van der Waals surface area contributed by atoms with Crippen molar-refractivity contribution < 1.29 is 5.11 Å². The van der Waals surface area contributed by atoms with Crippen molar-refractivity contribution in [3.63, 3.8) is 0 Å². The second-order valence-electron chi connectivity index (χ2n) is 4.88. The molecule has 0 aromatic heterocycles. The molecule has 1 aromatic rings. The molecule has 0 amide bonds. The van der Waals surface area contributed by atoms with Gasteiger partial charge in [-0.25, -0.2) is 0 Å². The summed E-state index contributed by atoms with van der Waals surface area (Å²) in [7, 11) is 0. The predicted molar refractivity (Wildman–Crippen MR) is 64.7 cm³/mol. The van der Waals surface area contributed by atoms with Crippen molar-refractivity contribution in [3.05, 3.63) is 29.8 Å². The molecule has 3 heteroatoms. The van der Waals surface area contributed by atoms with Crippen molar-refractivity contribution >= 4 is 5.69 Å². The predicted octanol–water partition coefficient (Wildman–Crippen LogP) is 1.08. The van der Waals surface area contributed by atoms with Crippen LogP contribution in [0.15, 0.2) is 24.3 Å². The maximum atomic E-state index is 10.2. The Morgan fingerprint density at radius 2 is 1.69 bits per heavy atom. The van der Waals surface area contributed by atoms with E-state index in [1.54, 1.807) is 0 Å². The summed E-state index contributed by atoms with van der Waals surface area (Å²) in [6.07, 6.45) is 2.60. The van der Waals surface area contributed by atoms with Crippen molar-refractivity contribution in [2.75, 3.05) is 31.1 Å². The fraction of sp³-hybridized carbons (Fsp3) is 0.538. The molecule has 2 aliphatic heterocycles. The molecule has 86 valence electrons. The number of anilines is 1. The largest absolute Gasteiger partial charge is 0.382 e. The summed E-state index contributed by atoms with van der Waals surface area (Å²) in [5.41, 5.74) is 1.70. The van der Waals surface area contributed by atoms with Gasteiger partial charge in [0.25, 0.3) is 0 Å². The number of β-amino-alcohol motifs (C(OH)–C–C–N with tert-alkyl or cyclic N) is 1. The number of nitrogens with one attached hydrogen (secondary N) is 1. The molecule has 2 heterocycles. The Labute approximate surface area is 96.1 Å². The minimum atomic E-state index is -0.621. The molecule has 2 N–H and O–H groups in total. The van der Waals surface area contributed by atoms with Gasteiger partial charge in [0.1, 0.15) is 5.60 Å². The van der Waals surface area contributed by atoms with Gasteiger partial charge in [0.15, 0.2) is 0 Å². The van der Waals surface area contributed by atoms with Crippen molar-refractivity contribution in [1.82, 2.24) is 5.32 Å². The minimum absolute atomic E-state index is 0.621. The molecule has 2 aliphatic rings. The fourth-order valence-electron chi connectivity index (χ4n) is 2.52. The molecule has 0 aliphatic carbocycles. The van der Waals surface area contributed by atoms with E-state index in [-0.39, 0.29) is 0 Å². The van der Waals surface area contributed by atoms with Gasteiger partial charge in [-0.3, -0.25) is 0 Å². The van der Waals surface area contributed by atoms with E-state index in [0.29, 0.717) is 13.1 Å². The second kappa shape index (κ2) is 3.75. The third-order valence-electron chi connectivity index (χ3n) is 3.71. The Balaban J connectivity index is 1.79. The first-order valence-corrected chi connectivity index (χ1v) is 6.07. The van der Waals surface area contributed by atoms with E-state index in [4.69, 9.17) is 0 Å². The lowest BCUT2D eigenvalue weighted by atomic mass is 9.88. The highest BCUT2D eigenvalue weighted by atomic mass is 16.3. The highest BCUT2D eigenvalue weighted by molar-refractivity contribution is 5.49. The van der Waals surface area contributed by atoms with Crippen LogP contribution in [0.25, 0.3) is 0 Å². The molecule has 2 fully saturated rings. The van der Waals surface area contributed by atoms with Gasteiger partial charge < -0.3 is 15.3 Å². The summed E-state index contributed by atoms with van der Waals surface area (Å²) in [5.74, 6) is 0. The number of hydrogen-bond acceptors (Lipinski definition) is 3. The summed E-state index contributed by atoms with van der Waals surface area (Å²) >= 11 is 0. The summed E-state index contributed by atoms with van der Waals surface area (Å²) < 4.78 is 0. The van der Waals surface area contributed by atoms with Gasteiger partial charge in [0.05, 0.1) is 0 Å². The van der Waals surface area contributed by atoms with E-state index in [0.717, 1.165) is 5.56 Å².